The van der Waals surface area contributed by atoms with E-state index in [2.05, 4.69) is 24.4 Å². The Bertz CT molecular complexity index is 944. The topological polar surface area (TPSA) is 30.5 Å². The molecule has 3 aromatic rings. The van der Waals surface area contributed by atoms with E-state index in [1.54, 1.807) is 12.1 Å². The summed E-state index contributed by atoms with van der Waals surface area (Å²) in [5, 5.41) is 4.58. The number of hydrogen-bond donors (Lipinski definition) is 1. The molecule has 0 heterocycles. The first-order valence-electron chi connectivity index (χ1n) is 9.18. The predicted octanol–water partition coefficient (Wildman–Crippen LogP) is 6.89. The van der Waals surface area contributed by atoms with Crippen LogP contribution in [0.5, 0.6) is 11.5 Å². The molecule has 0 fully saturated rings. The minimum Gasteiger partial charge on any atom is -0.490 e. The predicted molar refractivity (Wildman–Crippen MR) is 117 cm³/mol. The van der Waals surface area contributed by atoms with Crippen LogP contribution in [-0.4, -0.2) is 6.61 Å². The van der Waals surface area contributed by atoms with Crippen molar-refractivity contribution in [3.63, 3.8) is 0 Å². The van der Waals surface area contributed by atoms with Gasteiger partial charge in [0.25, 0.3) is 0 Å². The molecule has 0 aliphatic carbocycles. The molecule has 5 heteroatoms. The van der Waals surface area contributed by atoms with Gasteiger partial charge in [-0.1, -0.05) is 53.5 Å². The van der Waals surface area contributed by atoms with Crippen molar-refractivity contribution < 1.29 is 9.47 Å². The molecule has 0 aliphatic rings. The second-order valence-corrected chi connectivity index (χ2v) is 7.25. The highest BCUT2D eigenvalue weighted by Gasteiger charge is 2.09. The molecular weight excluding hydrogens is 393 g/mol. The van der Waals surface area contributed by atoms with Gasteiger partial charge in [-0.3, -0.25) is 0 Å². The molecule has 0 unspecified atom stereocenters. The summed E-state index contributed by atoms with van der Waals surface area (Å²) >= 11 is 12.3. The molecule has 0 atom stereocenters. The Labute approximate surface area is 176 Å². The van der Waals surface area contributed by atoms with Gasteiger partial charge in [-0.15, -0.1) is 0 Å². The second-order valence-electron chi connectivity index (χ2n) is 6.41. The van der Waals surface area contributed by atoms with Crippen LogP contribution in [-0.2, 0) is 13.2 Å². The van der Waals surface area contributed by atoms with Gasteiger partial charge in [-0.05, 0) is 60.9 Å². The normalized spacial score (nSPS) is 10.6. The van der Waals surface area contributed by atoms with Gasteiger partial charge in [-0.2, -0.15) is 0 Å². The summed E-state index contributed by atoms with van der Waals surface area (Å²) in [4.78, 5) is 0. The van der Waals surface area contributed by atoms with E-state index >= 15 is 0 Å². The van der Waals surface area contributed by atoms with E-state index in [1.165, 1.54) is 5.56 Å². The van der Waals surface area contributed by atoms with Gasteiger partial charge < -0.3 is 14.8 Å². The fourth-order valence-electron chi connectivity index (χ4n) is 2.81. The van der Waals surface area contributed by atoms with Gasteiger partial charge in [0.15, 0.2) is 11.5 Å². The highest BCUT2D eigenvalue weighted by atomic mass is 35.5. The van der Waals surface area contributed by atoms with E-state index in [0.717, 1.165) is 28.3 Å². The fourth-order valence-corrected chi connectivity index (χ4v) is 3.16. The Balaban J connectivity index is 1.71. The van der Waals surface area contributed by atoms with Crippen LogP contribution < -0.4 is 14.8 Å². The maximum atomic E-state index is 6.22. The molecule has 0 spiro atoms. The minimum absolute atomic E-state index is 0.502. The zero-order valence-electron chi connectivity index (χ0n) is 16.0. The van der Waals surface area contributed by atoms with Crippen LogP contribution in [0.1, 0.15) is 23.6 Å². The third-order valence-corrected chi connectivity index (χ3v) is 4.93. The lowest BCUT2D eigenvalue weighted by molar-refractivity contribution is 0.268. The van der Waals surface area contributed by atoms with E-state index < -0.39 is 0 Å². The Morgan fingerprint density at radius 1 is 0.893 bits per heavy atom. The first-order valence-corrected chi connectivity index (χ1v) is 9.94. The Morgan fingerprint density at radius 3 is 2.50 bits per heavy atom. The van der Waals surface area contributed by atoms with Gasteiger partial charge in [0.2, 0.25) is 0 Å². The first kappa shape index (κ1) is 20.4. The van der Waals surface area contributed by atoms with E-state index in [0.29, 0.717) is 29.8 Å². The van der Waals surface area contributed by atoms with Gasteiger partial charge in [0, 0.05) is 11.6 Å². The van der Waals surface area contributed by atoms with Gasteiger partial charge in [0.1, 0.15) is 6.61 Å². The standard InChI is InChI=1S/C23H23Cl2NO2/c1-3-27-23-12-17(14-26-21-13-19(24)9-10-20(21)25)8-11-22(23)28-15-18-7-5-4-6-16(18)2/h4-13,26H,3,14-15H2,1-2H3. The van der Waals surface area contributed by atoms with E-state index in [9.17, 15) is 0 Å². The molecule has 0 saturated carbocycles. The molecule has 0 radical (unpaired) electrons. The Hall–Kier alpha value is -2.36. The molecule has 146 valence electrons. The average molecular weight is 416 g/mol. The molecule has 28 heavy (non-hydrogen) atoms. The fraction of sp³-hybridized carbons (Fsp3) is 0.217. The summed E-state index contributed by atoms with van der Waals surface area (Å²) in [6.45, 7) is 5.71. The van der Waals surface area contributed by atoms with Crippen molar-refractivity contribution >= 4 is 28.9 Å². The van der Waals surface area contributed by atoms with Crippen LogP contribution >= 0.6 is 23.2 Å². The number of anilines is 1. The number of rotatable bonds is 8. The van der Waals surface area contributed by atoms with Crippen LogP contribution in [0.2, 0.25) is 10.0 Å². The second kappa shape index (κ2) is 9.72. The van der Waals surface area contributed by atoms with Crippen molar-refractivity contribution in [2.24, 2.45) is 0 Å². The first-order chi connectivity index (χ1) is 13.6. The number of nitrogens with one attached hydrogen (secondary N) is 1. The van der Waals surface area contributed by atoms with Crippen molar-refractivity contribution in [3.8, 4) is 11.5 Å². The molecule has 0 aromatic heterocycles. The van der Waals surface area contributed by atoms with Crippen molar-refractivity contribution in [1.82, 2.24) is 0 Å². The SMILES string of the molecule is CCOc1cc(CNc2cc(Cl)ccc2Cl)ccc1OCc1ccccc1C. The minimum atomic E-state index is 0.502. The highest BCUT2D eigenvalue weighted by molar-refractivity contribution is 6.35. The third-order valence-electron chi connectivity index (χ3n) is 4.36. The number of hydrogen-bond acceptors (Lipinski definition) is 3. The quantitative estimate of drug-likeness (QED) is 0.434. The Morgan fingerprint density at radius 2 is 1.71 bits per heavy atom. The van der Waals surface area contributed by atoms with Gasteiger partial charge in [0.05, 0.1) is 17.3 Å². The molecule has 3 aromatic carbocycles. The lowest BCUT2D eigenvalue weighted by Gasteiger charge is -2.15. The average Bonchev–Trinajstić information content (AvgIpc) is 2.69. The van der Waals surface area contributed by atoms with Crippen molar-refractivity contribution in [3.05, 3.63) is 87.4 Å². The van der Waals surface area contributed by atoms with E-state index in [-0.39, 0.29) is 0 Å². The maximum Gasteiger partial charge on any atom is 0.161 e. The molecule has 1 N–H and O–H groups in total. The summed E-state index contributed by atoms with van der Waals surface area (Å²) in [6, 6.07) is 19.5. The van der Waals surface area contributed by atoms with E-state index in [1.807, 2.05) is 43.3 Å². The number of ether oxygens (including phenoxy) is 2. The smallest absolute Gasteiger partial charge is 0.161 e. The molecular formula is C23H23Cl2NO2. The van der Waals surface area contributed by atoms with Crippen LogP contribution in [0.4, 0.5) is 5.69 Å². The third kappa shape index (κ3) is 5.34. The van der Waals surface area contributed by atoms with Crippen LogP contribution in [0, 0.1) is 6.92 Å². The maximum absolute atomic E-state index is 6.22. The number of benzene rings is 3. The van der Waals surface area contributed by atoms with Crippen LogP contribution in [0.15, 0.2) is 60.7 Å². The van der Waals surface area contributed by atoms with Gasteiger partial charge >= 0.3 is 0 Å². The van der Waals surface area contributed by atoms with Crippen LogP contribution in [0.3, 0.4) is 0 Å². The van der Waals surface area contributed by atoms with Crippen LogP contribution in [0.25, 0.3) is 0 Å². The van der Waals surface area contributed by atoms with Gasteiger partial charge in [-0.25, -0.2) is 0 Å². The molecule has 3 nitrogen and oxygen atoms in total. The van der Waals surface area contributed by atoms with Crippen molar-refractivity contribution in [2.75, 3.05) is 11.9 Å². The lowest BCUT2D eigenvalue weighted by Crippen LogP contribution is -2.04. The summed E-state index contributed by atoms with van der Waals surface area (Å²) in [7, 11) is 0. The zero-order chi connectivity index (χ0) is 19.9. The Kier molecular flexibility index (Phi) is 7.07. The molecule has 0 saturated heterocycles. The molecule has 0 amide bonds. The number of aryl methyl sites for hydroxylation is 1. The monoisotopic (exact) mass is 415 g/mol. The molecule has 0 bridgehead atoms. The summed E-state index contributed by atoms with van der Waals surface area (Å²) in [6.07, 6.45) is 0. The molecule has 0 aliphatic heterocycles. The largest absolute Gasteiger partial charge is 0.490 e. The highest BCUT2D eigenvalue weighted by Crippen LogP contribution is 2.31. The molecule has 3 rings (SSSR count). The summed E-state index contributed by atoms with van der Waals surface area (Å²) in [5.41, 5.74) is 4.22. The lowest BCUT2D eigenvalue weighted by atomic mass is 10.1. The van der Waals surface area contributed by atoms with Crippen molar-refractivity contribution in [2.45, 2.75) is 27.0 Å². The summed E-state index contributed by atoms with van der Waals surface area (Å²) < 4.78 is 11.8. The number of halogens is 2. The summed E-state index contributed by atoms with van der Waals surface area (Å²) in [5.74, 6) is 1.46. The zero-order valence-corrected chi connectivity index (χ0v) is 17.5. The van der Waals surface area contributed by atoms with Crippen molar-refractivity contribution in [1.29, 1.82) is 0 Å². The van der Waals surface area contributed by atoms with E-state index in [4.69, 9.17) is 32.7 Å².